The van der Waals surface area contributed by atoms with Crippen LogP contribution >= 0.6 is 11.6 Å². The van der Waals surface area contributed by atoms with Crippen LogP contribution in [0.2, 0.25) is 5.02 Å². The highest BCUT2D eigenvalue weighted by molar-refractivity contribution is 6.30. The molecule has 6 nitrogen and oxygen atoms in total. The number of rotatable bonds is 5. The number of halogens is 1. The van der Waals surface area contributed by atoms with Crippen LogP contribution in [-0.4, -0.2) is 25.5 Å². The van der Waals surface area contributed by atoms with Crippen molar-refractivity contribution in [2.24, 2.45) is 0 Å². The number of aryl methyl sites for hydroxylation is 2. The first-order chi connectivity index (χ1) is 9.49. The third-order valence-corrected chi connectivity index (χ3v) is 3.25. The molecule has 20 heavy (non-hydrogen) atoms. The highest BCUT2D eigenvalue weighted by atomic mass is 35.5. The Hall–Kier alpha value is -1.82. The van der Waals surface area contributed by atoms with Crippen LogP contribution in [0.5, 0.6) is 0 Å². The first kappa shape index (κ1) is 14.6. The van der Waals surface area contributed by atoms with Gasteiger partial charge >= 0.3 is 0 Å². The summed E-state index contributed by atoms with van der Waals surface area (Å²) in [4.78, 5) is 12.0. The maximum absolute atomic E-state index is 12.0. The molecule has 0 radical (unpaired) electrons. The van der Waals surface area contributed by atoms with Gasteiger partial charge in [-0.05, 0) is 20.8 Å². The summed E-state index contributed by atoms with van der Waals surface area (Å²) in [7, 11) is 0. The summed E-state index contributed by atoms with van der Waals surface area (Å²) in [6, 6.07) is -0.0890. The summed E-state index contributed by atoms with van der Waals surface area (Å²) >= 11 is 5.76. The normalized spacial score (nSPS) is 12.4. The molecule has 0 fully saturated rings. The van der Waals surface area contributed by atoms with Gasteiger partial charge in [-0.25, -0.2) is 0 Å². The molecule has 1 atom stereocenters. The van der Waals surface area contributed by atoms with E-state index in [1.165, 1.54) is 10.9 Å². The van der Waals surface area contributed by atoms with Crippen molar-refractivity contribution in [2.75, 3.05) is 0 Å². The van der Waals surface area contributed by atoms with Crippen molar-refractivity contribution in [3.63, 3.8) is 0 Å². The predicted octanol–water partition coefficient (Wildman–Crippen LogP) is 1.94. The number of carbonyl (C=O) groups excluding carboxylic acids is 1. The number of nitrogens with one attached hydrogen (secondary N) is 1. The van der Waals surface area contributed by atoms with E-state index in [1.807, 2.05) is 31.6 Å². The second-order valence-electron chi connectivity index (χ2n) is 4.67. The van der Waals surface area contributed by atoms with Crippen LogP contribution in [0.1, 0.15) is 31.1 Å². The molecule has 2 aromatic rings. The molecule has 0 spiro atoms. The number of amides is 1. The van der Waals surface area contributed by atoms with Crippen LogP contribution in [0.25, 0.3) is 0 Å². The smallest absolute Gasteiger partial charge is 0.242 e. The molecule has 0 aliphatic heterocycles. The molecule has 0 saturated carbocycles. The van der Waals surface area contributed by atoms with Gasteiger partial charge in [0.25, 0.3) is 0 Å². The highest BCUT2D eigenvalue weighted by Gasteiger charge is 2.15. The summed E-state index contributed by atoms with van der Waals surface area (Å²) in [5.74, 6) is -0.110. The zero-order valence-electron chi connectivity index (χ0n) is 11.8. The quantitative estimate of drug-likeness (QED) is 0.917. The molecule has 0 saturated heterocycles. The van der Waals surface area contributed by atoms with E-state index in [-0.39, 0.29) is 18.5 Å². The molecular formula is C13H18ClN5O. The highest BCUT2D eigenvalue weighted by Crippen LogP contribution is 2.16. The Bertz CT molecular complexity index is 604. The first-order valence-corrected chi connectivity index (χ1v) is 6.88. The Morgan fingerprint density at radius 1 is 1.45 bits per heavy atom. The Morgan fingerprint density at radius 2 is 2.20 bits per heavy atom. The lowest BCUT2D eigenvalue weighted by atomic mass is 10.1. The molecule has 2 rings (SSSR count). The number of hydrogen-bond donors (Lipinski definition) is 1. The Labute approximate surface area is 122 Å². The third kappa shape index (κ3) is 3.39. The Morgan fingerprint density at radius 3 is 2.75 bits per heavy atom. The summed E-state index contributed by atoms with van der Waals surface area (Å²) in [6.07, 6.45) is 5.09. The van der Waals surface area contributed by atoms with Crippen molar-refractivity contribution < 1.29 is 4.79 Å². The summed E-state index contributed by atoms with van der Waals surface area (Å²) in [6.45, 7) is 6.88. The van der Waals surface area contributed by atoms with Crippen molar-refractivity contribution in [3.8, 4) is 0 Å². The SMILES string of the molecule is CCn1cc(C(C)NC(=O)Cn2cc(Cl)cn2)c(C)n1. The molecule has 0 aliphatic carbocycles. The van der Waals surface area contributed by atoms with E-state index in [0.717, 1.165) is 17.8 Å². The maximum Gasteiger partial charge on any atom is 0.242 e. The molecule has 7 heteroatoms. The van der Waals surface area contributed by atoms with Crippen LogP contribution in [0, 0.1) is 6.92 Å². The minimum atomic E-state index is -0.110. The topological polar surface area (TPSA) is 64.7 Å². The van der Waals surface area contributed by atoms with Crippen LogP contribution in [0.4, 0.5) is 0 Å². The average Bonchev–Trinajstić information content (AvgIpc) is 2.95. The zero-order valence-corrected chi connectivity index (χ0v) is 12.6. The molecule has 1 unspecified atom stereocenters. The average molecular weight is 296 g/mol. The lowest BCUT2D eigenvalue weighted by Gasteiger charge is -2.13. The zero-order chi connectivity index (χ0) is 14.7. The van der Waals surface area contributed by atoms with Crippen molar-refractivity contribution in [2.45, 2.75) is 39.9 Å². The van der Waals surface area contributed by atoms with E-state index in [1.54, 1.807) is 6.20 Å². The molecule has 0 aliphatic rings. The van der Waals surface area contributed by atoms with Gasteiger partial charge in [0.1, 0.15) is 6.54 Å². The van der Waals surface area contributed by atoms with Gasteiger partial charge in [-0.3, -0.25) is 14.2 Å². The standard InChI is InChI=1S/C13H18ClN5O/c1-4-18-7-12(10(3)17-18)9(2)16-13(20)8-19-6-11(14)5-15-19/h5-7,9H,4,8H2,1-3H3,(H,16,20). The second-order valence-corrected chi connectivity index (χ2v) is 5.11. The summed E-state index contributed by atoms with van der Waals surface area (Å²) in [5, 5.41) is 11.8. The molecule has 2 aromatic heterocycles. The second kappa shape index (κ2) is 6.09. The van der Waals surface area contributed by atoms with Crippen LogP contribution in [0.15, 0.2) is 18.6 Å². The minimum absolute atomic E-state index is 0.0890. The monoisotopic (exact) mass is 295 g/mol. The van der Waals surface area contributed by atoms with Crippen molar-refractivity contribution >= 4 is 17.5 Å². The third-order valence-electron chi connectivity index (χ3n) is 3.06. The van der Waals surface area contributed by atoms with Crippen molar-refractivity contribution in [3.05, 3.63) is 34.9 Å². The van der Waals surface area contributed by atoms with E-state index in [2.05, 4.69) is 15.5 Å². The van der Waals surface area contributed by atoms with E-state index < -0.39 is 0 Å². The fourth-order valence-electron chi connectivity index (χ4n) is 2.06. The van der Waals surface area contributed by atoms with E-state index in [0.29, 0.717) is 5.02 Å². The number of hydrogen-bond acceptors (Lipinski definition) is 3. The van der Waals surface area contributed by atoms with Gasteiger partial charge in [0.2, 0.25) is 5.91 Å². The maximum atomic E-state index is 12.0. The van der Waals surface area contributed by atoms with E-state index >= 15 is 0 Å². The van der Waals surface area contributed by atoms with Gasteiger partial charge in [0.15, 0.2) is 0 Å². The van der Waals surface area contributed by atoms with Gasteiger partial charge in [-0.2, -0.15) is 10.2 Å². The minimum Gasteiger partial charge on any atom is -0.348 e. The summed E-state index contributed by atoms with van der Waals surface area (Å²) in [5.41, 5.74) is 1.96. The van der Waals surface area contributed by atoms with Crippen LogP contribution in [-0.2, 0) is 17.9 Å². The van der Waals surface area contributed by atoms with Crippen molar-refractivity contribution in [1.29, 1.82) is 0 Å². The molecule has 0 bridgehead atoms. The van der Waals surface area contributed by atoms with Gasteiger partial charge in [-0.1, -0.05) is 11.6 Å². The van der Waals surface area contributed by atoms with Gasteiger partial charge in [0, 0.05) is 24.5 Å². The van der Waals surface area contributed by atoms with E-state index in [9.17, 15) is 4.79 Å². The number of carbonyl (C=O) groups is 1. The predicted molar refractivity (Wildman–Crippen MR) is 76.4 cm³/mol. The molecule has 1 amide bonds. The molecular weight excluding hydrogens is 278 g/mol. The molecule has 1 N–H and O–H groups in total. The Balaban J connectivity index is 1.98. The number of aromatic nitrogens is 4. The lowest BCUT2D eigenvalue weighted by molar-refractivity contribution is -0.122. The molecule has 108 valence electrons. The molecule has 2 heterocycles. The van der Waals surface area contributed by atoms with Crippen molar-refractivity contribution in [1.82, 2.24) is 24.9 Å². The van der Waals surface area contributed by atoms with Gasteiger partial charge < -0.3 is 5.32 Å². The largest absolute Gasteiger partial charge is 0.348 e. The van der Waals surface area contributed by atoms with Crippen LogP contribution < -0.4 is 5.32 Å². The summed E-state index contributed by atoms with van der Waals surface area (Å²) < 4.78 is 3.37. The fraction of sp³-hybridized carbons (Fsp3) is 0.462. The molecule has 0 aromatic carbocycles. The van der Waals surface area contributed by atoms with E-state index in [4.69, 9.17) is 11.6 Å². The van der Waals surface area contributed by atoms with Crippen LogP contribution in [0.3, 0.4) is 0 Å². The van der Waals surface area contributed by atoms with Gasteiger partial charge in [0.05, 0.1) is 23.0 Å². The van der Waals surface area contributed by atoms with Gasteiger partial charge in [-0.15, -0.1) is 0 Å². The first-order valence-electron chi connectivity index (χ1n) is 6.51. The Kier molecular flexibility index (Phi) is 4.44. The fourth-order valence-corrected chi connectivity index (χ4v) is 2.21. The lowest BCUT2D eigenvalue weighted by Crippen LogP contribution is -2.30. The number of nitrogens with zero attached hydrogens (tertiary/aromatic N) is 4.